The van der Waals surface area contributed by atoms with Crippen LogP contribution in [0.1, 0.15) is 23.1 Å². The number of Topliss-reactive ketones (excluding diaryl/α,β-unsaturated/α-hetero) is 1. The topological polar surface area (TPSA) is 17.1 Å². The predicted octanol–water partition coefficient (Wildman–Crippen LogP) is 3.21. The number of hydrogen-bond donors (Lipinski definition) is 0. The second-order valence-electron chi connectivity index (χ2n) is 4.63. The second kappa shape index (κ2) is 3.44. The van der Waals surface area contributed by atoms with Gasteiger partial charge in [-0.05, 0) is 40.8 Å². The van der Waals surface area contributed by atoms with Gasteiger partial charge in [-0.15, -0.1) is 0 Å². The molecule has 0 fully saturated rings. The van der Waals surface area contributed by atoms with Gasteiger partial charge in [0, 0.05) is 12.8 Å². The summed E-state index contributed by atoms with van der Waals surface area (Å²) >= 11 is 0. The van der Waals surface area contributed by atoms with Gasteiger partial charge in [0.15, 0.2) is 0 Å². The average molecular weight is 210 g/mol. The summed E-state index contributed by atoms with van der Waals surface area (Å²) < 4.78 is 0. The number of carbonyl (C=O) groups is 1. The molecule has 0 aromatic heterocycles. The molecule has 1 aliphatic rings. The zero-order valence-electron chi connectivity index (χ0n) is 9.42. The quantitative estimate of drug-likeness (QED) is 0.652. The van der Waals surface area contributed by atoms with Crippen LogP contribution in [0.4, 0.5) is 0 Å². The molecule has 2 aromatic rings. The van der Waals surface area contributed by atoms with E-state index in [1.54, 1.807) is 0 Å². The molecule has 0 heterocycles. The highest BCUT2D eigenvalue weighted by molar-refractivity contribution is 5.90. The van der Waals surface area contributed by atoms with Crippen molar-refractivity contribution in [1.82, 2.24) is 0 Å². The molecule has 0 spiro atoms. The van der Waals surface area contributed by atoms with Gasteiger partial charge in [-0.1, -0.05) is 30.3 Å². The first kappa shape index (κ1) is 9.59. The Labute approximate surface area is 95.1 Å². The molecule has 0 bridgehead atoms. The van der Waals surface area contributed by atoms with Crippen molar-refractivity contribution in [3.05, 3.63) is 47.0 Å². The zero-order valence-corrected chi connectivity index (χ0v) is 9.42. The fraction of sp³-hybridized carbons (Fsp3) is 0.267. The van der Waals surface area contributed by atoms with Gasteiger partial charge in [-0.2, -0.15) is 0 Å². The lowest BCUT2D eigenvalue weighted by molar-refractivity contribution is -0.118. The molecule has 16 heavy (non-hydrogen) atoms. The molecule has 0 aliphatic heterocycles. The Kier molecular flexibility index (Phi) is 2.06. The molecule has 0 amide bonds. The van der Waals surface area contributed by atoms with Crippen LogP contribution in [0, 0.1) is 6.92 Å². The minimum atomic E-state index is 0.375. The highest BCUT2D eigenvalue weighted by Gasteiger charge is 2.16. The van der Waals surface area contributed by atoms with Gasteiger partial charge in [0.05, 0.1) is 0 Å². The van der Waals surface area contributed by atoms with Crippen LogP contribution in [0.3, 0.4) is 0 Å². The van der Waals surface area contributed by atoms with Crippen molar-refractivity contribution in [2.24, 2.45) is 0 Å². The third-order valence-corrected chi connectivity index (χ3v) is 3.48. The summed E-state index contributed by atoms with van der Waals surface area (Å²) in [4.78, 5) is 11.4. The molecule has 1 heteroatoms. The first-order valence-corrected chi connectivity index (χ1v) is 5.77. The van der Waals surface area contributed by atoms with E-state index in [1.807, 2.05) is 0 Å². The summed E-state index contributed by atoms with van der Waals surface area (Å²) in [6.45, 7) is 2.14. The molecule has 0 unspecified atom stereocenters. The molecule has 80 valence electrons. The first-order valence-electron chi connectivity index (χ1n) is 5.77. The minimum Gasteiger partial charge on any atom is -0.299 e. The molecule has 0 saturated carbocycles. The number of carbonyl (C=O) groups excluding carboxylic acids is 1. The molecule has 3 rings (SSSR count). The lowest BCUT2D eigenvalue weighted by Gasteiger charge is -2.16. The average Bonchev–Trinajstić information content (AvgIpc) is 2.27. The van der Waals surface area contributed by atoms with Crippen LogP contribution in [0.2, 0.25) is 0 Å². The smallest absolute Gasteiger partial charge is 0.137 e. The Morgan fingerprint density at radius 1 is 1.06 bits per heavy atom. The van der Waals surface area contributed by atoms with E-state index in [2.05, 4.69) is 37.3 Å². The third-order valence-electron chi connectivity index (χ3n) is 3.48. The molecule has 1 nitrogen and oxygen atoms in total. The third kappa shape index (κ3) is 1.44. The number of rotatable bonds is 0. The predicted molar refractivity (Wildman–Crippen MR) is 65.7 cm³/mol. The maximum absolute atomic E-state index is 11.4. The monoisotopic (exact) mass is 210 g/mol. The Morgan fingerprint density at radius 2 is 1.94 bits per heavy atom. The SMILES string of the molecule is Cc1cccc2cc3c(cc12)CCC(=O)C3. The van der Waals surface area contributed by atoms with Gasteiger partial charge in [0.2, 0.25) is 0 Å². The molecule has 0 saturated heterocycles. The van der Waals surface area contributed by atoms with Crippen LogP contribution in [-0.2, 0) is 17.6 Å². The minimum absolute atomic E-state index is 0.375. The summed E-state index contributed by atoms with van der Waals surface area (Å²) in [6.07, 6.45) is 2.25. The maximum atomic E-state index is 11.4. The van der Waals surface area contributed by atoms with E-state index < -0.39 is 0 Å². The van der Waals surface area contributed by atoms with Crippen molar-refractivity contribution in [1.29, 1.82) is 0 Å². The van der Waals surface area contributed by atoms with Crippen molar-refractivity contribution in [2.45, 2.75) is 26.2 Å². The number of ketones is 1. The summed E-state index contributed by atoms with van der Waals surface area (Å²) in [7, 11) is 0. The van der Waals surface area contributed by atoms with Crippen molar-refractivity contribution >= 4 is 16.6 Å². The van der Waals surface area contributed by atoms with Gasteiger partial charge in [0.1, 0.15) is 5.78 Å². The summed E-state index contributed by atoms with van der Waals surface area (Å²) in [5.41, 5.74) is 3.91. The van der Waals surface area contributed by atoms with Crippen molar-refractivity contribution in [2.75, 3.05) is 0 Å². The van der Waals surface area contributed by atoms with Gasteiger partial charge < -0.3 is 0 Å². The fourth-order valence-electron chi connectivity index (χ4n) is 2.55. The number of hydrogen-bond acceptors (Lipinski definition) is 1. The Morgan fingerprint density at radius 3 is 2.81 bits per heavy atom. The van der Waals surface area contributed by atoms with Crippen LogP contribution in [0.25, 0.3) is 10.8 Å². The zero-order chi connectivity index (χ0) is 11.1. The highest BCUT2D eigenvalue weighted by atomic mass is 16.1. The first-order chi connectivity index (χ1) is 7.74. The molecular weight excluding hydrogens is 196 g/mol. The molecule has 1 aliphatic carbocycles. The highest BCUT2D eigenvalue weighted by Crippen LogP contribution is 2.27. The lowest BCUT2D eigenvalue weighted by Crippen LogP contribution is -2.13. The van der Waals surface area contributed by atoms with Crippen molar-refractivity contribution in [3.8, 4) is 0 Å². The molecule has 0 N–H and O–H groups in total. The van der Waals surface area contributed by atoms with Gasteiger partial charge in [0.25, 0.3) is 0 Å². The van der Waals surface area contributed by atoms with E-state index >= 15 is 0 Å². The fourth-order valence-corrected chi connectivity index (χ4v) is 2.55. The van der Waals surface area contributed by atoms with Crippen LogP contribution < -0.4 is 0 Å². The maximum Gasteiger partial charge on any atom is 0.137 e. The van der Waals surface area contributed by atoms with Gasteiger partial charge >= 0.3 is 0 Å². The van der Waals surface area contributed by atoms with E-state index in [-0.39, 0.29) is 0 Å². The van der Waals surface area contributed by atoms with E-state index in [9.17, 15) is 4.79 Å². The lowest BCUT2D eigenvalue weighted by atomic mass is 9.88. The number of aryl methyl sites for hydroxylation is 2. The largest absolute Gasteiger partial charge is 0.299 e. The van der Waals surface area contributed by atoms with Crippen LogP contribution in [0.15, 0.2) is 30.3 Å². The standard InChI is InChI=1S/C15H14O/c1-10-3-2-4-12-7-13-8-14(16)6-5-11(13)9-15(10)12/h2-4,7,9H,5-6,8H2,1H3. The van der Waals surface area contributed by atoms with Crippen LogP contribution in [-0.4, -0.2) is 5.78 Å². The summed E-state index contributed by atoms with van der Waals surface area (Å²) in [5.74, 6) is 0.375. The van der Waals surface area contributed by atoms with Crippen molar-refractivity contribution in [3.63, 3.8) is 0 Å². The van der Waals surface area contributed by atoms with E-state index in [0.717, 1.165) is 6.42 Å². The Bertz CT molecular complexity index is 581. The Hall–Kier alpha value is -1.63. The molecular formula is C15H14O. The molecule has 0 radical (unpaired) electrons. The second-order valence-corrected chi connectivity index (χ2v) is 4.63. The Balaban J connectivity index is 2.27. The van der Waals surface area contributed by atoms with Crippen molar-refractivity contribution < 1.29 is 4.79 Å². The number of fused-ring (bicyclic) bond motifs is 2. The van der Waals surface area contributed by atoms with Gasteiger partial charge in [-0.3, -0.25) is 4.79 Å². The van der Waals surface area contributed by atoms with E-state index in [0.29, 0.717) is 18.6 Å². The normalized spacial score (nSPS) is 15.2. The van der Waals surface area contributed by atoms with E-state index in [1.165, 1.54) is 27.5 Å². The summed E-state index contributed by atoms with van der Waals surface area (Å²) in [5, 5.41) is 2.59. The van der Waals surface area contributed by atoms with Crippen LogP contribution >= 0.6 is 0 Å². The van der Waals surface area contributed by atoms with Crippen LogP contribution in [0.5, 0.6) is 0 Å². The number of benzene rings is 2. The van der Waals surface area contributed by atoms with Gasteiger partial charge in [-0.25, -0.2) is 0 Å². The molecule has 2 aromatic carbocycles. The summed E-state index contributed by atoms with van der Waals surface area (Å²) in [6, 6.07) is 10.8. The van der Waals surface area contributed by atoms with E-state index in [4.69, 9.17) is 0 Å². The molecule has 0 atom stereocenters.